The number of fused-ring (bicyclic) bond motifs is 8. The number of benzene rings is 10. The van der Waals surface area contributed by atoms with E-state index in [4.69, 9.17) is 0 Å². The zero-order chi connectivity index (χ0) is 39.6. The van der Waals surface area contributed by atoms with Crippen molar-refractivity contribution in [2.75, 3.05) is 9.80 Å². The zero-order valence-electron chi connectivity index (χ0n) is 32.5. The summed E-state index contributed by atoms with van der Waals surface area (Å²) in [6.45, 7) is 0. The van der Waals surface area contributed by atoms with Crippen molar-refractivity contribution < 1.29 is 0 Å². The van der Waals surface area contributed by atoms with Crippen LogP contribution in [0.15, 0.2) is 218 Å². The molecule has 282 valence electrons. The summed E-state index contributed by atoms with van der Waals surface area (Å²) in [6.07, 6.45) is 0. The van der Waals surface area contributed by atoms with Gasteiger partial charge in [0, 0.05) is 63.1 Å². The Bertz CT molecular complexity index is 3360. The van der Waals surface area contributed by atoms with Crippen molar-refractivity contribution in [2.24, 2.45) is 0 Å². The van der Waals surface area contributed by atoms with Crippen molar-refractivity contribution in [1.82, 2.24) is 0 Å². The highest BCUT2D eigenvalue weighted by Crippen LogP contribution is 2.48. The second-order valence-corrected chi connectivity index (χ2v) is 17.5. The van der Waals surface area contributed by atoms with E-state index in [2.05, 4.69) is 228 Å². The van der Waals surface area contributed by atoms with Gasteiger partial charge in [-0.3, -0.25) is 0 Å². The average molecular weight is 801 g/mol. The number of thiophene rings is 2. The Morgan fingerprint density at radius 2 is 0.650 bits per heavy atom. The van der Waals surface area contributed by atoms with Gasteiger partial charge in [0.25, 0.3) is 0 Å². The van der Waals surface area contributed by atoms with Gasteiger partial charge in [-0.15, -0.1) is 22.7 Å². The van der Waals surface area contributed by atoms with Crippen molar-refractivity contribution in [1.29, 1.82) is 0 Å². The van der Waals surface area contributed by atoms with E-state index in [0.29, 0.717) is 0 Å². The third kappa shape index (κ3) is 5.84. The molecule has 2 nitrogen and oxygen atoms in total. The Morgan fingerprint density at radius 1 is 0.267 bits per heavy atom. The van der Waals surface area contributed by atoms with Crippen LogP contribution in [0.4, 0.5) is 34.1 Å². The molecule has 12 aromatic rings. The summed E-state index contributed by atoms with van der Waals surface area (Å²) in [6, 6.07) is 80.1. The SMILES string of the molecule is c1cc(-c2cccc(N(c3ccc4ccccc4c3)c3cccc4sc5ccccc5c34)c2)cc(N(c2ccc3ccccc3c2)c2cccc3sc4ccccc4c23)c1. The molecule has 0 aliphatic carbocycles. The lowest BCUT2D eigenvalue weighted by Crippen LogP contribution is -2.11. The Balaban J connectivity index is 1.04. The first-order valence-corrected chi connectivity index (χ1v) is 22.0. The van der Waals surface area contributed by atoms with E-state index >= 15 is 0 Å². The molecular weight excluding hydrogens is 765 g/mol. The van der Waals surface area contributed by atoms with Crippen LogP contribution >= 0.6 is 22.7 Å². The summed E-state index contributed by atoms with van der Waals surface area (Å²) in [5.41, 5.74) is 9.12. The van der Waals surface area contributed by atoms with Gasteiger partial charge >= 0.3 is 0 Å². The van der Waals surface area contributed by atoms with Crippen molar-refractivity contribution in [3.63, 3.8) is 0 Å². The quantitative estimate of drug-likeness (QED) is 0.158. The standard InChI is InChI=1S/C56H36N2S2/c1-3-15-39-33-45(31-29-37(39)13-1)57(49-23-11-27-53-55(49)47-21-5-7-25-51(47)59-53)43-19-9-17-41(35-43)42-18-10-20-44(36-42)58(46-32-30-38-14-2-4-16-40(38)34-46)50-24-12-28-54-56(50)48-22-6-8-26-52(48)60-54/h1-36H. The summed E-state index contributed by atoms with van der Waals surface area (Å²) in [5, 5.41) is 10.0. The molecule has 12 rings (SSSR count). The van der Waals surface area contributed by atoms with E-state index < -0.39 is 0 Å². The molecule has 0 saturated heterocycles. The predicted molar refractivity (Wildman–Crippen MR) is 262 cm³/mol. The molecule has 60 heavy (non-hydrogen) atoms. The second-order valence-electron chi connectivity index (χ2n) is 15.3. The van der Waals surface area contributed by atoms with Crippen LogP contribution in [0.5, 0.6) is 0 Å². The van der Waals surface area contributed by atoms with E-state index in [1.807, 2.05) is 22.7 Å². The molecule has 0 bridgehead atoms. The van der Waals surface area contributed by atoms with Crippen molar-refractivity contribution >= 4 is 119 Å². The van der Waals surface area contributed by atoms with Gasteiger partial charge < -0.3 is 9.80 Å². The Labute approximate surface area is 356 Å². The van der Waals surface area contributed by atoms with Gasteiger partial charge in [-0.1, -0.05) is 133 Å². The lowest BCUT2D eigenvalue weighted by molar-refractivity contribution is 1.30. The predicted octanol–water partition coefficient (Wildman–Crippen LogP) is 17.3. The largest absolute Gasteiger partial charge is 0.310 e. The maximum absolute atomic E-state index is 2.45. The van der Waals surface area contributed by atoms with Crippen LogP contribution in [-0.2, 0) is 0 Å². The monoisotopic (exact) mass is 800 g/mol. The van der Waals surface area contributed by atoms with E-state index in [1.165, 1.54) is 73.3 Å². The van der Waals surface area contributed by atoms with Gasteiger partial charge in [0.05, 0.1) is 11.4 Å². The molecule has 0 aliphatic rings. The summed E-state index contributed by atoms with van der Waals surface area (Å²) < 4.78 is 5.16. The van der Waals surface area contributed by atoms with E-state index in [1.54, 1.807) is 0 Å². The second kappa shape index (κ2) is 14.2. The molecule has 2 aromatic heterocycles. The summed E-state index contributed by atoms with van der Waals surface area (Å²) in [7, 11) is 0. The van der Waals surface area contributed by atoms with Gasteiger partial charge in [-0.05, 0) is 118 Å². The van der Waals surface area contributed by atoms with Crippen LogP contribution in [0.1, 0.15) is 0 Å². The molecule has 0 atom stereocenters. The molecule has 0 amide bonds. The highest BCUT2D eigenvalue weighted by atomic mass is 32.1. The fraction of sp³-hybridized carbons (Fsp3) is 0. The Kier molecular flexibility index (Phi) is 8.25. The number of anilines is 6. The molecule has 0 fully saturated rings. The number of rotatable bonds is 7. The topological polar surface area (TPSA) is 6.48 Å². The summed E-state index contributed by atoms with van der Waals surface area (Å²) in [5.74, 6) is 0. The molecular formula is C56H36N2S2. The fourth-order valence-corrected chi connectivity index (χ4v) is 11.3. The lowest BCUT2D eigenvalue weighted by atomic mass is 10.0. The third-order valence-corrected chi connectivity index (χ3v) is 14.0. The molecule has 10 aromatic carbocycles. The first-order chi connectivity index (χ1) is 29.7. The minimum atomic E-state index is 1.11. The molecule has 0 unspecified atom stereocenters. The van der Waals surface area contributed by atoms with Crippen molar-refractivity contribution in [3.8, 4) is 11.1 Å². The lowest BCUT2D eigenvalue weighted by Gasteiger charge is -2.28. The molecule has 0 saturated carbocycles. The minimum Gasteiger partial charge on any atom is -0.310 e. The van der Waals surface area contributed by atoms with Gasteiger partial charge in [-0.25, -0.2) is 0 Å². The zero-order valence-corrected chi connectivity index (χ0v) is 34.1. The molecule has 0 aliphatic heterocycles. The molecule has 4 heteroatoms. The normalized spacial score (nSPS) is 11.7. The number of hydrogen-bond acceptors (Lipinski definition) is 4. The van der Waals surface area contributed by atoms with Crippen LogP contribution in [0.25, 0.3) is 73.0 Å². The minimum absolute atomic E-state index is 1.11. The molecule has 0 spiro atoms. The fourth-order valence-electron chi connectivity index (χ4n) is 9.02. The van der Waals surface area contributed by atoms with E-state index in [-0.39, 0.29) is 0 Å². The number of hydrogen-bond donors (Lipinski definition) is 0. The van der Waals surface area contributed by atoms with E-state index in [9.17, 15) is 0 Å². The summed E-state index contributed by atoms with van der Waals surface area (Å²) >= 11 is 3.72. The van der Waals surface area contributed by atoms with Crippen LogP contribution < -0.4 is 9.80 Å². The summed E-state index contributed by atoms with van der Waals surface area (Å²) in [4.78, 5) is 4.90. The first kappa shape index (κ1) is 34.8. The van der Waals surface area contributed by atoms with Crippen LogP contribution in [0.3, 0.4) is 0 Å². The van der Waals surface area contributed by atoms with Crippen molar-refractivity contribution in [3.05, 3.63) is 218 Å². The highest BCUT2D eigenvalue weighted by Gasteiger charge is 2.22. The van der Waals surface area contributed by atoms with Gasteiger partial charge in [0.2, 0.25) is 0 Å². The average Bonchev–Trinajstić information content (AvgIpc) is 3.89. The maximum Gasteiger partial charge on any atom is 0.0554 e. The third-order valence-electron chi connectivity index (χ3n) is 11.8. The van der Waals surface area contributed by atoms with E-state index in [0.717, 1.165) is 33.9 Å². The Hall–Kier alpha value is -7.24. The molecule has 2 heterocycles. The Morgan fingerprint density at radius 3 is 1.13 bits per heavy atom. The van der Waals surface area contributed by atoms with Gasteiger partial charge in [0.15, 0.2) is 0 Å². The van der Waals surface area contributed by atoms with Crippen LogP contribution in [0.2, 0.25) is 0 Å². The molecule has 0 radical (unpaired) electrons. The smallest absolute Gasteiger partial charge is 0.0554 e. The molecule has 0 N–H and O–H groups in total. The van der Waals surface area contributed by atoms with Gasteiger partial charge in [-0.2, -0.15) is 0 Å². The number of nitrogens with zero attached hydrogens (tertiary/aromatic N) is 2. The maximum atomic E-state index is 2.45. The van der Waals surface area contributed by atoms with Crippen molar-refractivity contribution in [2.45, 2.75) is 0 Å². The van der Waals surface area contributed by atoms with Crippen LogP contribution in [-0.4, -0.2) is 0 Å². The first-order valence-electron chi connectivity index (χ1n) is 20.3. The highest BCUT2D eigenvalue weighted by molar-refractivity contribution is 7.26. The van der Waals surface area contributed by atoms with Gasteiger partial charge in [0.1, 0.15) is 0 Å². The van der Waals surface area contributed by atoms with Crippen LogP contribution in [0, 0.1) is 0 Å².